The fourth-order valence-electron chi connectivity index (χ4n) is 2.66. The van der Waals surface area contributed by atoms with E-state index in [1.54, 1.807) is 0 Å². The molecule has 96 valence electrons. The van der Waals surface area contributed by atoms with Crippen molar-refractivity contribution in [2.24, 2.45) is 17.8 Å². The van der Waals surface area contributed by atoms with E-state index in [4.69, 9.17) is 4.74 Å². The lowest BCUT2D eigenvalue weighted by atomic mass is 9.80. The minimum Gasteiger partial charge on any atom is -0.378 e. The van der Waals surface area contributed by atoms with Crippen LogP contribution >= 0.6 is 0 Å². The van der Waals surface area contributed by atoms with Crippen LogP contribution in [0.4, 0.5) is 0 Å². The molecule has 0 aliphatic heterocycles. The van der Waals surface area contributed by atoms with Gasteiger partial charge in [-0.2, -0.15) is 0 Å². The smallest absolute Gasteiger partial charge is 0.0575 e. The van der Waals surface area contributed by atoms with Gasteiger partial charge in [-0.1, -0.05) is 27.7 Å². The van der Waals surface area contributed by atoms with E-state index >= 15 is 0 Å². The summed E-state index contributed by atoms with van der Waals surface area (Å²) >= 11 is 0. The predicted octanol–water partition coefficient (Wildman–Crippen LogP) is 4.65. The molecule has 1 fully saturated rings. The third-order valence-electron chi connectivity index (χ3n) is 3.94. The fourth-order valence-corrected chi connectivity index (χ4v) is 2.66. The summed E-state index contributed by atoms with van der Waals surface area (Å²) in [6.07, 6.45) is 8.47. The Morgan fingerprint density at radius 3 is 2.12 bits per heavy atom. The van der Waals surface area contributed by atoms with Gasteiger partial charge in [0.2, 0.25) is 0 Å². The Labute approximate surface area is 102 Å². The van der Waals surface area contributed by atoms with Crippen molar-refractivity contribution in [1.29, 1.82) is 0 Å². The summed E-state index contributed by atoms with van der Waals surface area (Å²) in [6, 6.07) is 0. The van der Waals surface area contributed by atoms with Crippen LogP contribution in [0.25, 0.3) is 0 Å². The normalized spacial score (nSPS) is 26.6. The van der Waals surface area contributed by atoms with Crippen molar-refractivity contribution >= 4 is 0 Å². The molecule has 0 aromatic rings. The Balaban J connectivity index is 2.04. The zero-order valence-corrected chi connectivity index (χ0v) is 11.7. The highest BCUT2D eigenvalue weighted by Gasteiger charge is 2.23. The molecule has 0 aromatic carbocycles. The van der Waals surface area contributed by atoms with E-state index < -0.39 is 0 Å². The Morgan fingerprint density at radius 1 is 1.00 bits per heavy atom. The highest BCUT2D eigenvalue weighted by atomic mass is 16.5. The molecule has 0 heterocycles. The van der Waals surface area contributed by atoms with Crippen LogP contribution in [-0.2, 0) is 4.74 Å². The first-order valence-electron chi connectivity index (χ1n) is 7.21. The van der Waals surface area contributed by atoms with Gasteiger partial charge in [0.25, 0.3) is 0 Å². The Bertz CT molecular complexity index is 166. The van der Waals surface area contributed by atoms with Crippen molar-refractivity contribution in [1.82, 2.24) is 0 Å². The molecule has 16 heavy (non-hydrogen) atoms. The highest BCUT2D eigenvalue weighted by molar-refractivity contribution is 4.74. The first kappa shape index (κ1) is 14.0. The first-order chi connectivity index (χ1) is 7.59. The third-order valence-corrected chi connectivity index (χ3v) is 3.94. The lowest BCUT2D eigenvalue weighted by Gasteiger charge is -2.30. The summed E-state index contributed by atoms with van der Waals surface area (Å²) in [4.78, 5) is 0. The van der Waals surface area contributed by atoms with Crippen molar-refractivity contribution in [3.63, 3.8) is 0 Å². The second kappa shape index (κ2) is 7.32. The quantitative estimate of drug-likeness (QED) is 0.599. The largest absolute Gasteiger partial charge is 0.378 e. The van der Waals surface area contributed by atoms with Crippen molar-refractivity contribution < 1.29 is 4.74 Å². The van der Waals surface area contributed by atoms with E-state index in [1.807, 2.05) is 0 Å². The zero-order valence-electron chi connectivity index (χ0n) is 11.7. The Morgan fingerprint density at radius 2 is 1.62 bits per heavy atom. The third kappa shape index (κ3) is 5.34. The van der Waals surface area contributed by atoms with E-state index in [0.29, 0.717) is 6.10 Å². The maximum absolute atomic E-state index is 5.96. The molecule has 0 bridgehead atoms. The van der Waals surface area contributed by atoms with Crippen LogP contribution in [0.1, 0.15) is 66.2 Å². The summed E-state index contributed by atoms with van der Waals surface area (Å²) in [7, 11) is 0. The molecule has 1 saturated carbocycles. The SMILES string of the molecule is CC(C)CCCOC1CCC(C(C)C)CC1. The molecule has 0 spiro atoms. The van der Waals surface area contributed by atoms with Crippen molar-refractivity contribution in [2.75, 3.05) is 6.61 Å². The second-order valence-electron chi connectivity index (χ2n) is 6.19. The average Bonchev–Trinajstić information content (AvgIpc) is 2.25. The van der Waals surface area contributed by atoms with Gasteiger partial charge in [-0.15, -0.1) is 0 Å². The minimum absolute atomic E-state index is 0.571. The van der Waals surface area contributed by atoms with Gasteiger partial charge in [0, 0.05) is 6.61 Å². The molecule has 0 atom stereocenters. The summed E-state index contributed by atoms with van der Waals surface area (Å²) in [6.45, 7) is 10.3. The van der Waals surface area contributed by atoms with Gasteiger partial charge in [-0.05, 0) is 56.3 Å². The molecular weight excluding hydrogens is 196 g/mol. The highest BCUT2D eigenvalue weighted by Crippen LogP contribution is 2.31. The molecule has 1 nitrogen and oxygen atoms in total. The van der Waals surface area contributed by atoms with Crippen molar-refractivity contribution in [2.45, 2.75) is 72.3 Å². The van der Waals surface area contributed by atoms with E-state index in [9.17, 15) is 0 Å². The first-order valence-corrected chi connectivity index (χ1v) is 7.21. The van der Waals surface area contributed by atoms with Gasteiger partial charge >= 0.3 is 0 Å². The minimum atomic E-state index is 0.571. The topological polar surface area (TPSA) is 9.23 Å². The van der Waals surface area contributed by atoms with E-state index in [-0.39, 0.29) is 0 Å². The van der Waals surface area contributed by atoms with E-state index in [1.165, 1.54) is 38.5 Å². The van der Waals surface area contributed by atoms with Crippen LogP contribution in [0.5, 0.6) is 0 Å². The summed E-state index contributed by atoms with van der Waals surface area (Å²) < 4.78 is 5.96. The van der Waals surface area contributed by atoms with Gasteiger partial charge in [0.05, 0.1) is 6.10 Å². The van der Waals surface area contributed by atoms with Gasteiger partial charge in [0.1, 0.15) is 0 Å². The molecule has 0 amide bonds. The molecule has 0 radical (unpaired) electrons. The summed E-state index contributed by atoms with van der Waals surface area (Å²) in [5.41, 5.74) is 0. The zero-order chi connectivity index (χ0) is 12.0. The number of rotatable bonds is 6. The molecule has 1 rings (SSSR count). The lowest BCUT2D eigenvalue weighted by Crippen LogP contribution is -2.24. The average molecular weight is 226 g/mol. The van der Waals surface area contributed by atoms with Gasteiger partial charge in [-0.3, -0.25) is 0 Å². The van der Waals surface area contributed by atoms with E-state index in [0.717, 1.165) is 24.4 Å². The number of hydrogen-bond acceptors (Lipinski definition) is 1. The van der Waals surface area contributed by atoms with E-state index in [2.05, 4.69) is 27.7 Å². The lowest BCUT2D eigenvalue weighted by molar-refractivity contribution is 0.0105. The molecule has 1 aliphatic rings. The molecular formula is C15H30O. The Kier molecular flexibility index (Phi) is 6.41. The standard InChI is InChI=1S/C15H30O/c1-12(2)6-5-11-16-15-9-7-14(8-10-15)13(3)4/h12-15H,5-11H2,1-4H3. The van der Waals surface area contributed by atoms with Crippen molar-refractivity contribution in [3.8, 4) is 0 Å². The van der Waals surface area contributed by atoms with Crippen LogP contribution in [0.2, 0.25) is 0 Å². The molecule has 0 aromatic heterocycles. The molecule has 0 unspecified atom stereocenters. The van der Waals surface area contributed by atoms with Crippen LogP contribution in [-0.4, -0.2) is 12.7 Å². The monoisotopic (exact) mass is 226 g/mol. The maximum Gasteiger partial charge on any atom is 0.0575 e. The Hall–Kier alpha value is -0.0400. The predicted molar refractivity (Wildman–Crippen MR) is 70.6 cm³/mol. The van der Waals surface area contributed by atoms with Crippen LogP contribution in [0.3, 0.4) is 0 Å². The molecule has 0 saturated heterocycles. The summed E-state index contributed by atoms with van der Waals surface area (Å²) in [5, 5.41) is 0. The second-order valence-corrected chi connectivity index (χ2v) is 6.19. The maximum atomic E-state index is 5.96. The van der Waals surface area contributed by atoms with Gasteiger partial charge in [0.15, 0.2) is 0 Å². The van der Waals surface area contributed by atoms with Gasteiger partial charge < -0.3 is 4.74 Å². The molecule has 0 N–H and O–H groups in total. The van der Waals surface area contributed by atoms with Crippen LogP contribution in [0.15, 0.2) is 0 Å². The number of hydrogen-bond donors (Lipinski definition) is 0. The van der Waals surface area contributed by atoms with Crippen molar-refractivity contribution in [3.05, 3.63) is 0 Å². The van der Waals surface area contributed by atoms with Gasteiger partial charge in [-0.25, -0.2) is 0 Å². The van der Waals surface area contributed by atoms with Crippen LogP contribution < -0.4 is 0 Å². The fraction of sp³-hybridized carbons (Fsp3) is 1.00. The molecule has 1 heteroatoms. The summed E-state index contributed by atoms with van der Waals surface area (Å²) in [5.74, 6) is 2.64. The molecule has 1 aliphatic carbocycles. The van der Waals surface area contributed by atoms with Crippen LogP contribution in [0, 0.1) is 17.8 Å². The number of ether oxygens (including phenoxy) is 1.